The first-order valence-electron chi connectivity index (χ1n) is 7.72. The van der Waals surface area contributed by atoms with Crippen LogP contribution in [0, 0.1) is 0 Å². The first-order valence-corrected chi connectivity index (χ1v) is 7.72. The minimum absolute atomic E-state index is 0.0796. The Morgan fingerprint density at radius 3 is 2.96 bits per heavy atom. The Bertz CT molecular complexity index is 807. The SMILES string of the molecule is CC(C)c1nccn1Cc1cccc(NC(=O)Cn2cnnn2)c1. The molecule has 0 atom stereocenters. The van der Waals surface area contributed by atoms with Gasteiger partial charge in [-0.1, -0.05) is 26.0 Å². The Labute approximate surface area is 139 Å². The van der Waals surface area contributed by atoms with Gasteiger partial charge in [-0.15, -0.1) is 5.10 Å². The minimum atomic E-state index is -0.176. The molecule has 0 radical (unpaired) electrons. The predicted octanol–water partition coefficient (Wildman–Crippen LogP) is 1.68. The maximum absolute atomic E-state index is 12.0. The number of rotatable bonds is 6. The van der Waals surface area contributed by atoms with E-state index >= 15 is 0 Å². The molecule has 24 heavy (non-hydrogen) atoms. The highest BCUT2D eigenvalue weighted by atomic mass is 16.2. The van der Waals surface area contributed by atoms with Crippen LogP contribution in [0.15, 0.2) is 43.0 Å². The Balaban J connectivity index is 1.67. The molecule has 0 aliphatic heterocycles. The molecule has 0 aliphatic rings. The van der Waals surface area contributed by atoms with Crippen LogP contribution in [-0.2, 0) is 17.9 Å². The van der Waals surface area contributed by atoms with Crippen molar-refractivity contribution in [1.29, 1.82) is 0 Å². The lowest BCUT2D eigenvalue weighted by atomic mass is 10.1. The van der Waals surface area contributed by atoms with Crippen molar-refractivity contribution in [3.05, 3.63) is 54.4 Å². The summed E-state index contributed by atoms with van der Waals surface area (Å²) in [5.74, 6) is 1.23. The molecule has 0 bridgehead atoms. The molecule has 1 N–H and O–H groups in total. The molecule has 1 amide bonds. The van der Waals surface area contributed by atoms with Gasteiger partial charge in [0.2, 0.25) is 5.91 Å². The number of anilines is 1. The van der Waals surface area contributed by atoms with Crippen molar-refractivity contribution in [3.8, 4) is 0 Å². The fourth-order valence-electron chi connectivity index (χ4n) is 2.50. The standard InChI is InChI=1S/C16H19N7O/c1-12(2)16-17-6-7-22(16)9-13-4-3-5-14(8-13)19-15(24)10-23-11-18-20-21-23/h3-8,11-12H,9-10H2,1-2H3,(H,19,24). The number of carbonyl (C=O) groups excluding carboxylic acids is 1. The fourth-order valence-corrected chi connectivity index (χ4v) is 2.50. The predicted molar refractivity (Wildman–Crippen MR) is 88.3 cm³/mol. The van der Waals surface area contributed by atoms with Gasteiger partial charge in [-0.25, -0.2) is 9.67 Å². The summed E-state index contributed by atoms with van der Waals surface area (Å²) in [4.78, 5) is 16.4. The normalized spacial score (nSPS) is 11.0. The Kier molecular flexibility index (Phi) is 4.64. The molecular weight excluding hydrogens is 306 g/mol. The molecule has 2 heterocycles. The van der Waals surface area contributed by atoms with Gasteiger partial charge in [-0.3, -0.25) is 4.79 Å². The second-order valence-electron chi connectivity index (χ2n) is 5.82. The van der Waals surface area contributed by atoms with E-state index in [1.165, 1.54) is 11.0 Å². The van der Waals surface area contributed by atoms with Gasteiger partial charge in [-0.05, 0) is 28.1 Å². The molecule has 3 rings (SSSR count). The van der Waals surface area contributed by atoms with Crippen molar-refractivity contribution >= 4 is 11.6 Å². The second-order valence-corrected chi connectivity index (χ2v) is 5.82. The zero-order chi connectivity index (χ0) is 16.9. The van der Waals surface area contributed by atoms with Crippen LogP contribution in [0.3, 0.4) is 0 Å². The van der Waals surface area contributed by atoms with Crippen LogP contribution in [0.2, 0.25) is 0 Å². The highest BCUT2D eigenvalue weighted by Crippen LogP contribution is 2.16. The van der Waals surface area contributed by atoms with E-state index in [0.29, 0.717) is 12.5 Å². The third kappa shape index (κ3) is 3.83. The van der Waals surface area contributed by atoms with Crippen molar-refractivity contribution in [2.45, 2.75) is 32.9 Å². The Hall–Kier alpha value is -3.03. The molecule has 2 aromatic heterocycles. The van der Waals surface area contributed by atoms with Crippen LogP contribution in [-0.4, -0.2) is 35.7 Å². The average molecular weight is 325 g/mol. The number of imidazole rings is 1. The van der Waals surface area contributed by atoms with E-state index in [1.807, 2.05) is 36.7 Å². The smallest absolute Gasteiger partial charge is 0.246 e. The quantitative estimate of drug-likeness (QED) is 0.744. The maximum atomic E-state index is 12.0. The molecule has 0 saturated heterocycles. The summed E-state index contributed by atoms with van der Waals surface area (Å²) in [5, 5.41) is 13.5. The zero-order valence-electron chi connectivity index (χ0n) is 13.6. The van der Waals surface area contributed by atoms with Crippen molar-refractivity contribution in [2.75, 3.05) is 5.32 Å². The van der Waals surface area contributed by atoms with E-state index < -0.39 is 0 Å². The summed E-state index contributed by atoms with van der Waals surface area (Å²) in [5.41, 5.74) is 1.84. The van der Waals surface area contributed by atoms with E-state index in [2.05, 4.69) is 44.2 Å². The van der Waals surface area contributed by atoms with Gasteiger partial charge >= 0.3 is 0 Å². The monoisotopic (exact) mass is 325 g/mol. The van der Waals surface area contributed by atoms with Gasteiger partial charge in [0, 0.05) is 30.5 Å². The first-order chi connectivity index (χ1) is 11.6. The highest BCUT2D eigenvalue weighted by Gasteiger charge is 2.09. The lowest BCUT2D eigenvalue weighted by Gasteiger charge is -2.12. The van der Waals surface area contributed by atoms with E-state index in [9.17, 15) is 4.79 Å². The van der Waals surface area contributed by atoms with E-state index in [4.69, 9.17) is 0 Å². The molecule has 0 spiro atoms. The first kappa shape index (κ1) is 15.9. The summed E-state index contributed by atoms with van der Waals surface area (Å²) in [6.07, 6.45) is 5.19. The number of aromatic nitrogens is 6. The lowest BCUT2D eigenvalue weighted by molar-refractivity contribution is -0.116. The fraction of sp³-hybridized carbons (Fsp3) is 0.312. The van der Waals surface area contributed by atoms with Crippen LogP contribution in [0.5, 0.6) is 0 Å². The molecule has 0 fully saturated rings. The zero-order valence-corrected chi connectivity index (χ0v) is 13.6. The third-order valence-corrected chi connectivity index (χ3v) is 3.52. The summed E-state index contributed by atoms with van der Waals surface area (Å²) in [7, 11) is 0. The van der Waals surface area contributed by atoms with Crippen LogP contribution in [0.1, 0.15) is 31.2 Å². The lowest BCUT2D eigenvalue weighted by Crippen LogP contribution is -2.19. The Morgan fingerprint density at radius 1 is 1.33 bits per heavy atom. The number of tetrazole rings is 1. The van der Waals surface area contributed by atoms with Crippen molar-refractivity contribution < 1.29 is 4.79 Å². The molecule has 124 valence electrons. The van der Waals surface area contributed by atoms with Gasteiger partial charge in [0.05, 0.1) is 0 Å². The molecular formula is C16H19N7O. The van der Waals surface area contributed by atoms with Crippen molar-refractivity contribution in [3.63, 3.8) is 0 Å². The summed E-state index contributed by atoms with van der Waals surface area (Å²) >= 11 is 0. The number of amides is 1. The number of hydrogen-bond acceptors (Lipinski definition) is 5. The molecule has 0 saturated carbocycles. The molecule has 0 aliphatic carbocycles. The van der Waals surface area contributed by atoms with Crippen LogP contribution in [0.4, 0.5) is 5.69 Å². The number of benzene rings is 1. The topological polar surface area (TPSA) is 90.5 Å². The summed E-state index contributed by atoms with van der Waals surface area (Å²) in [6.45, 7) is 5.03. The van der Waals surface area contributed by atoms with Gasteiger partial charge in [0.15, 0.2) is 0 Å². The molecule has 1 aromatic carbocycles. The number of hydrogen-bond donors (Lipinski definition) is 1. The number of carbonyl (C=O) groups is 1. The molecule has 3 aromatic rings. The number of nitrogens with zero attached hydrogens (tertiary/aromatic N) is 6. The van der Waals surface area contributed by atoms with Gasteiger partial charge in [-0.2, -0.15) is 0 Å². The molecule has 8 heteroatoms. The second kappa shape index (κ2) is 7.03. The summed E-state index contributed by atoms with van der Waals surface area (Å²) < 4.78 is 3.49. The van der Waals surface area contributed by atoms with E-state index in [-0.39, 0.29) is 12.5 Å². The van der Waals surface area contributed by atoms with Gasteiger partial charge < -0.3 is 9.88 Å². The average Bonchev–Trinajstić information content (AvgIpc) is 3.19. The number of nitrogens with one attached hydrogen (secondary N) is 1. The van der Waals surface area contributed by atoms with Crippen molar-refractivity contribution in [1.82, 2.24) is 29.8 Å². The summed E-state index contributed by atoms with van der Waals surface area (Å²) in [6, 6.07) is 7.77. The third-order valence-electron chi connectivity index (χ3n) is 3.52. The molecule has 8 nitrogen and oxygen atoms in total. The largest absolute Gasteiger partial charge is 0.330 e. The van der Waals surface area contributed by atoms with Crippen LogP contribution >= 0.6 is 0 Å². The van der Waals surface area contributed by atoms with E-state index in [1.54, 1.807) is 0 Å². The Morgan fingerprint density at radius 2 is 2.21 bits per heavy atom. The van der Waals surface area contributed by atoms with Gasteiger partial charge in [0.25, 0.3) is 0 Å². The van der Waals surface area contributed by atoms with Crippen LogP contribution < -0.4 is 5.32 Å². The van der Waals surface area contributed by atoms with E-state index in [0.717, 1.165) is 17.1 Å². The van der Waals surface area contributed by atoms with Crippen molar-refractivity contribution in [2.24, 2.45) is 0 Å². The minimum Gasteiger partial charge on any atom is -0.330 e. The molecule has 0 unspecified atom stereocenters. The highest BCUT2D eigenvalue weighted by molar-refractivity contribution is 5.90. The van der Waals surface area contributed by atoms with Crippen LogP contribution in [0.25, 0.3) is 0 Å². The maximum Gasteiger partial charge on any atom is 0.246 e. The van der Waals surface area contributed by atoms with Gasteiger partial charge in [0.1, 0.15) is 18.7 Å².